The zero-order valence-electron chi connectivity index (χ0n) is 19.3. The van der Waals surface area contributed by atoms with Crippen molar-refractivity contribution < 1.29 is 23.2 Å². The third-order valence-corrected chi connectivity index (χ3v) is 8.09. The van der Waals surface area contributed by atoms with E-state index in [0.29, 0.717) is 28.3 Å². The number of piperidine rings is 2. The number of benzene rings is 2. The smallest absolute Gasteiger partial charge is 0.255 e. The topological polar surface area (TPSA) is 69.7 Å². The van der Waals surface area contributed by atoms with Gasteiger partial charge in [0.15, 0.2) is 0 Å². The molecule has 3 amide bonds. The normalized spacial score (nSPS) is 20.8. The van der Waals surface area contributed by atoms with Crippen molar-refractivity contribution >= 4 is 29.5 Å². The number of carbonyl (C=O) groups excluding carboxylic acids is 3. The Morgan fingerprint density at radius 2 is 1.83 bits per heavy atom. The van der Waals surface area contributed by atoms with Gasteiger partial charge in [-0.2, -0.15) is 0 Å². The molecule has 5 rings (SSSR count). The highest BCUT2D eigenvalue weighted by atomic mass is 32.2. The van der Waals surface area contributed by atoms with Crippen LogP contribution in [0, 0.1) is 11.6 Å². The maximum atomic E-state index is 14.8. The molecule has 0 aromatic heterocycles. The number of imide groups is 1. The standard InChI is InChI=1S/C26H27F2N3O3S/c27-18-11-19-20(14-31(26(19)34)22-6-7-24(32)29-25(22)33)23(12-18)35-15-16-4-5-17(21(28)10-16)13-30-8-2-1-3-9-30/h4-5,10-12,22H,1-3,6-9,13-15H2,(H,29,32,33). The number of nitrogens with zero attached hydrogens (tertiary/aromatic N) is 2. The first-order chi connectivity index (χ1) is 16.9. The summed E-state index contributed by atoms with van der Waals surface area (Å²) in [7, 11) is 0. The van der Waals surface area contributed by atoms with E-state index in [1.807, 2.05) is 12.1 Å². The summed E-state index contributed by atoms with van der Waals surface area (Å²) in [5.41, 5.74) is 2.35. The van der Waals surface area contributed by atoms with E-state index in [2.05, 4.69) is 10.2 Å². The van der Waals surface area contributed by atoms with E-state index >= 15 is 0 Å². The molecule has 0 saturated carbocycles. The van der Waals surface area contributed by atoms with Crippen LogP contribution in [-0.4, -0.2) is 46.7 Å². The second-order valence-electron chi connectivity index (χ2n) is 9.38. The molecule has 3 heterocycles. The van der Waals surface area contributed by atoms with Crippen LogP contribution in [0.4, 0.5) is 8.78 Å². The zero-order chi connectivity index (χ0) is 24.5. The first kappa shape index (κ1) is 23.9. The minimum atomic E-state index is -0.755. The van der Waals surface area contributed by atoms with Crippen LogP contribution in [0.5, 0.6) is 0 Å². The Hall–Kier alpha value is -2.78. The largest absolute Gasteiger partial charge is 0.322 e. The van der Waals surface area contributed by atoms with Crippen molar-refractivity contribution in [2.24, 2.45) is 0 Å². The van der Waals surface area contributed by atoms with Gasteiger partial charge in [-0.1, -0.05) is 18.6 Å². The molecule has 2 aromatic carbocycles. The van der Waals surface area contributed by atoms with Gasteiger partial charge in [-0.15, -0.1) is 11.8 Å². The van der Waals surface area contributed by atoms with Gasteiger partial charge in [0, 0.05) is 41.3 Å². The minimum Gasteiger partial charge on any atom is -0.322 e. The molecule has 0 spiro atoms. The molecule has 1 atom stereocenters. The molecular formula is C26H27F2N3O3S. The van der Waals surface area contributed by atoms with Gasteiger partial charge in [0.25, 0.3) is 5.91 Å². The molecule has 2 fully saturated rings. The fourth-order valence-corrected chi connectivity index (χ4v) is 6.10. The Bertz CT molecular complexity index is 1180. The van der Waals surface area contributed by atoms with Crippen molar-refractivity contribution in [3.05, 3.63) is 64.2 Å². The van der Waals surface area contributed by atoms with Gasteiger partial charge in [0.2, 0.25) is 11.8 Å². The molecule has 3 aliphatic heterocycles. The quantitative estimate of drug-likeness (QED) is 0.481. The maximum absolute atomic E-state index is 14.8. The Labute approximate surface area is 207 Å². The zero-order valence-corrected chi connectivity index (χ0v) is 20.1. The maximum Gasteiger partial charge on any atom is 0.255 e. The van der Waals surface area contributed by atoms with Gasteiger partial charge in [-0.3, -0.25) is 24.6 Å². The fourth-order valence-electron chi connectivity index (χ4n) is 5.05. The number of hydrogen-bond donors (Lipinski definition) is 1. The average Bonchev–Trinajstić information content (AvgIpc) is 3.16. The predicted molar refractivity (Wildman–Crippen MR) is 128 cm³/mol. The highest BCUT2D eigenvalue weighted by Crippen LogP contribution is 2.36. The second kappa shape index (κ2) is 10.1. The lowest BCUT2D eigenvalue weighted by atomic mass is 10.0. The lowest BCUT2D eigenvalue weighted by Gasteiger charge is -2.29. The van der Waals surface area contributed by atoms with Crippen molar-refractivity contribution in [3.8, 4) is 0 Å². The summed E-state index contributed by atoms with van der Waals surface area (Å²) in [5, 5.41) is 2.27. The summed E-state index contributed by atoms with van der Waals surface area (Å²) in [6.07, 6.45) is 3.94. The van der Waals surface area contributed by atoms with Gasteiger partial charge in [0.1, 0.15) is 17.7 Å². The van der Waals surface area contributed by atoms with Crippen LogP contribution in [0.25, 0.3) is 0 Å². The molecule has 1 unspecified atom stereocenters. The number of halogens is 2. The van der Waals surface area contributed by atoms with Crippen molar-refractivity contribution in [3.63, 3.8) is 0 Å². The monoisotopic (exact) mass is 499 g/mol. The highest BCUT2D eigenvalue weighted by molar-refractivity contribution is 7.98. The molecule has 9 heteroatoms. The molecule has 2 aromatic rings. The van der Waals surface area contributed by atoms with E-state index in [0.717, 1.165) is 31.5 Å². The molecular weight excluding hydrogens is 472 g/mol. The summed E-state index contributed by atoms with van der Waals surface area (Å²) >= 11 is 1.34. The number of fused-ring (bicyclic) bond motifs is 1. The summed E-state index contributed by atoms with van der Waals surface area (Å²) in [6, 6.07) is 7.08. The molecule has 0 bridgehead atoms. The van der Waals surface area contributed by atoms with Crippen LogP contribution in [0.2, 0.25) is 0 Å². The number of thioether (sulfide) groups is 1. The second-order valence-corrected chi connectivity index (χ2v) is 10.4. The third-order valence-electron chi connectivity index (χ3n) is 6.93. The lowest BCUT2D eigenvalue weighted by Crippen LogP contribution is -2.52. The number of amides is 3. The van der Waals surface area contributed by atoms with Gasteiger partial charge in [-0.25, -0.2) is 8.78 Å². The Balaban J connectivity index is 1.29. The van der Waals surface area contributed by atoms with E-state index in [1.54, 1.807) is 0 Å². The molecule has 6 nitrogen and oxygen atoms in total. The van der Waals surface area contributed by atoms with Gasteiger partial charge >= 0.3 is 0 Å². The van der Waals surface area contributed by atoms with Crippen molar-refractivity contribution in [1.29, 1.82) is 0 Å². The van der Waals surface area contributed by atoms with Crippen LogP contribution in [-0.2, 0) is 28.4 Å². The average molecular weight is 500 g/mol. The Morgan fingerprint density at radius 1 is 1.03 bits per heavy atom. The van der Waals surface area contributed by atoms with E-state index in [1.165, 1.54) is 41.3 Å². The summed E-state index contributed by atoms with van der Waals surface area (Å²) in [5.74, 6) is -1.62. The van der Waals surface area contributed by atoms with Crippen LogP contribution in [0.15, 0.2) is 35.2 Å². The Morgan fingerprint density at radius 3 is 2.57 bits per heavy atom. The van der Waals surface area contributed by atoms with Crippen LogP contribution >= 0.6 is 11.8 Å². The predicted octanol–water partition coefficient (Wildman–Crippen LogP) is 4.00. The van der Waals surface area contributed by atoms with E-state index in [9.17, 15) is 23.2 Å². The third kappa shape index (κ3) is 5.11. The van der Waals surface area contributed by atoms with Crippen LogP contribution in [0.1, 0.15) is 59.2 Å². The van der Waals surface area contributed by atoms with Crippen LogP contribution in [0.3, 0.4) is 0 Å². The van der Waals surface area contributed by atoms with Crippen molar-refractivity contribution in [2.45, 2.75) is 61.9 Å². The summed E-state index contributed by atoms with van der Waals surface area (Å²) < 4.78 is 29.2. The van der Waals surface area contributed by atoms with E-state index in [4.69, 9.17) is 0 Å². The lowest BCUT2D eigenvalue weighted by molar-refractivity contribution is -0.136. The van der Waals surface area contributed by atoms with Gasteiger partial charge in [0.05, 0.1) is 0 Å². The molecule has 35 heavy (non-hydrogen) atoms. The SMILES string of the molecule is O=C1CCC(N2Cc3c(SCc4ccc(CN5CCCCC5)c(F)c4)cc(F)cc3C2=O)C(=O)N1. The number of likely N-dealkylation sites (tertiary alicyclic amines) is 1. The van der Waals surface area contributed by atoms with Crippen molar-refractivity contribution in [1.82, 2.24) is 15.1 Å². The van der Waals surface area contributed by atoms with Gasteiger partial charge < -0.3 is 4.90 Å². The summed E-state index contributed by atoms with van der Waals surface area (Å²) in [6.45, 7) is 2.77. The number of hydrogen-bond acceptors (Lipinski definition) is 5. The van der Waals surface area contributed by atoms with Crippen LogP contribution < -0.4 is 5.32 Å². The molecule has 184 valence electrons. The molecule has 0 radical (unpaired) electrons. The van der Waals surface area contributed by atoms with Crippen molar-refractivity contribution in [2.75, 3.05) is 13.1 Å². The molecule has 1 N–H and O–H groups in total. The number of carbonyl (C=O) groups is 3. The molecule has 2 saturated heterocycles. The Kier molecular flexibility index (Phi) is 6.88. The van der Waals surface area contributed by atoms with E-state index in [-0.39, 0.29) is 36.7 Å². The first-order valence-corrected chi connectivity index (χ1v) is 13.0. The highest BCUT2D eigenvalue weighted by Gasteiger charge is 2.40. The molecule has 3 aliphatic rings. The fraction of sp³-hybridized carbons (Fsp3) is 0.423. The summed E-state index contributed by atoms with van der Waals surface area (Å²) in [4.78, 5) is 41.0. The number of rotatable bonds is 6. The van der Waals surface area contributed by atoms with Gasteiger partial charge in [-0.05, 0) is 61.7 Å². The first-order valence-electron chi connectivity index (χ1n) is 12.0. The minimum absolute atomic E-state index is 0.159. The van der Waals surface area contributed by atoms with E-state index < -0.39 is 23.7 Å². The number of nitrogens with one attached hydrogen (secondary N) is 1. The molecule has 0 aliphatic carbocycles.